The predicted octanol–water partition coefficient (Wildman–Crippen LogP) is 3.51. The smallest absolute Gasteiger partial charge is 0.136 e. The Morgan fingerprint density at radius 1 is 1.17 bits per heavy atom. The van der Waals surface area contributed by atoms with Crippen LogP contribution in [0.2, 0.25) is 0 Å². The minimum absolute atomic E-state index is 0.280. The summed E-state index contributed by atoms with van der Waals surface area (Å²) in [4.78, 5) is 0. The molecule has 2 nitrogen and oxygen atoms in total. The summed E-state index contributed by atoms with van der Waals surface area (Å²) >= 11 is 2.23. The number of hydrogen-bond acceptors (Lipinski definition) is 2. The van der Waals surface area contributed by atoms with Gasteiger partial charge in [-0.1, -0.05) is 12.1 Å². The van der Waals surface area contributed by atoms with Crippen LogP contribution in [0.15, 0.2) is 48.5 Å². The molecule has 94 valence electrons. The zero-order valence-electron chi connectivity index (χ0n) is 9.64. The lowest BCUT2D eigenvalue weighted by atomic mass is 10.1. The fourth-order valence-electron chi connectivity index (χ4n) is 1.64. The van der Waals surface area contributed by atoms with E-state index in [2.05, 4.69) is 22.6 Å². The van der Waals surface area contributed by atoms with E-state index in [1.165, 1.54) is 12.1 Å². The van der Waals surface area contributed by atoms with Gasteiger partial charge >= 0.3 is 0 Å². The Kier molecular flexibility index (Phi) is 4.54. The molecule has 0 fully saturated rings. The summed E-state index contributed by atoms with van der Waals surface area (Å²) < 4.78 is 20.1. The Morgan fingerprint density at radius 2 is 1.89 bits per heavy atom. The number of halogens is 2. The Morgan fingerprint density at radius 3 is 2.50 bits per heavy atom. The molecule has 0 aliphatic rings. The van der Waals surface area contributed by atoms with Crippen LogP contribution in [0, 0.1) is 9.39 Å². The summed E-state index contributed by atoms with van der Waals surface area (Å²) in [6, 6.07) is 14.0. The highest BCUT2D eigenvalue weighted by Gasteiger charge is 2.12. The third-order valence-corrected chi connectivity index (χ3v) is 3.25. The van der Waals surface area contributed by atoms with Gasteiger partial charge in [0, 0.05) is 10.1 Å². The van der Waals surface area contributed by atoms with Gasteiger partial charge in [-0.2, -0.15) is 0 Å². The molecule has 0 radical (unpaired) electrons. The summed E-state index contributed by atoms with van der Waals surface area (Å²) in [5.74, 6) is 0.451. The van der Waals surface area contributed by atoms with Gasteiger partial charge in [-0.3, -0.25) is 0 Å². The first kappa shape index (κ1) is 13.3. The summed E-state index contributed by atoms with van der Waals surface area (Å²) in [6.45, 7) is 0.301. The van der Waals surface area contributed by atoms with Gasteiger partial charge in [-0.15, -0.1) is 0 Å². The molecule has 0 amide bonds. The van der Waals surface area contributed by atoms with Gasteiger partial charge in [0.2, 0.25) is 0 Å². The van der Waals surface area contributed by atoms with Crippen molar-refractivity contribution < 1.29 is 9.13 Å². The highest BCUT2D eigenvalue weighted by molar-refractivity contribution is 14.1. The number of hydrogen-bond donors (Lipinski definition) is 1. The molecule has 0 spiro atoms. The molecular weight excluding hydrogens is 344 g/mol. The average Bonchev–Trinajstić information content (AvgIpc) is 2.38. The second-order valence-electron chi connectivity index (χ2n) is 3.85. The zero-order chi connectivity index (χ0) is 13.0. The van der Waals surface area contributed by atoms with Crippen molar-refractivity contribution in [3.05, 3.63) is 63.5 Å². The van der Waals surface area contributed by atoms with Gasteiger partial charge in [-0.25, -0.2) is 4.39 Å². The van der Waals surface area contributed by atoms with Gasteiger partial charge in [0.1, 0.15) is 17.7 Å². The third kappa shape index (κ3) is 3.43. The average molecular weight is 357 g/mol. The molecule has 1 unspecified atom stereocenters. The van der Waals surface area contributed by atoms with Gasteiger partial charge in [0.15, 0.2) is 0 Å². The molecule has 0 saturated heterocycles. The maximum absolute atomic E-state index is 13.2. The lowest BCUT2D eigenvalue weighted by Gasteiger charge is -2.18. The molecule has 18 heavy (non-hydrogen) atoms. The van der Waals surface area contributed by atoms with Crippen LogP contribution < -0.4 is 10.5 Å². The number of benzene rings is 2. The summed E-state index contributed by atoms with van der Waals surface area (Å²) in [7, 11) is 0. The van der Waals surface area contributed by atoms with Crippen molar-refractivity contribution in [3.8, 4) is 5.75 Å². The van der Waals surface area contributed by atoms with Crippen LogP contribution in [0.25, 0.3) is 0 Å². The molecule has 2 aromatic rings. The highest BCUT2D eigenvalue weighted by atomic mass is 127. The minimum Gasteiger partial charge on any atom is -0.484 e. The van der Waals surface area contributed by atoms with Crippen LogP contribution in [-0.2, 0) is 0 Å². The normalized spacial score (nSPS) is 12.2. The van der Waals surface area contributed by atoms with E-state index >= 15 is 0 Å². The van der Waals surface area contributed by atoms with E-state index in [1.807, 2.05) is 30.3 Å². The van der Waals surface area contributed by atoms with Crippen molar-refractivity contribution in [1.82, 2.24) is 0 Å². The van der Waals surface area contributed by atoms with Gasteiger partial charge in [-0.05, 0) is 64.6 Å². The first-order valence-electron chi connectivity index (χ1n) is 5.57. The monoisotopic (exact) mass is 357 g/mol. The standard InChI is InChI=1S/C14H13FINO/c15-11-3-1-2-10(8-11)14(9-17)18-13-6-4-12(16)5-7-13/h1-8,14H,9,17H2. The zero-order valence-corrected chi connectivity index (χ0v) is 11.8. The van der Waals surface area contributed by atoms with E-state index in [-0.39, 0.29) is 11.9 Å². The maximum Gasteiger partial charge on any atom is 0.136 e. The van der Waals surface area contributed by atoms with Crippen LogP contribution in [0.3, 0.4) is 0 Å². The molecule has 2 rings (SSSR count). The van der Waals surface area contributed by atoms with E-state index in [0.717, 1.165) is 14.9 Å². The second-order valence-corrected chi connectivity index (χ2v) is 5.10. The van der Waals surface area contributed by atoms with E-state index in [9.17, 15) is 4.39 Å². The van der Waals surface area contributed by atoms with Crippen molar-refractivity contribution in [2.75, 3.05) is 6.54 Å². The summed E-state index contributed by atoms with van der Waals surface area (Å²) in [5.41, 5.74) is 6.43. The van der Waals surface area contributed by atoms with E-state index < -0.39 is 0 Å². The molecule has 0 heterocycles. The van der Waals surface area contributed by atoms with Crippen LogP contribution >= 0.6 is 22.6 Å². The van der Waals surface area contributed by atoms with E-state index in [1.54, 1.807) is 6.07 Å². The van der Waals surface area contributed by atoms with Crippen molar-refractivity contribution >= 4 is 22.6 Å². The quantitative estimate of drug-likeness (QED) is 0.850. The van der Waals surface area contributed by atoms with Crippen LogP contribution in [-0.4, -0.2) is 6.54 Å². The number of ether oxygens (including phenoxy) is 1. The highest BCUT2D eigenvalue weighted by Crippen LogP contribution is 2.22. The van der Waals surface area contributed by atoms with E-state index in [0.29, 0.717) is 6.54 Å². The van der Waals surface area contributed by atoms with Gasteiger partial charge < -0.3 is 10.5 Å². The fourth-order valence-corrected chi connectivity index (χ4v) is 2.00. The molecule has 0 saturated carbocycles. The van der Waals surface area contributed by atoms with Crippen LogP contribution in [0.1, 0.15) is 11.7 Å². The molecule has 0 aliphatic carbocycles. The molecule has 0 aromatic heterocycles. The van der Waals surface area contributed by atoms with E-state index in [4.69, 9.17) is 10.5 Å². The Bertz CT molecular complexity index is 515. The molecule has 2 aromatic carbocycles. The SMILES string of the molecule is NCC(Oc1ccc(I)cc1)c1cccc(F)c1. The summed E-state index contributed by atoms with van der Waals surface area (Å²) in [5, 5.41) is 0. The summed E-state index contributed by atoms with van der Waals surface area (Å²) in [6.07, 6.45) is -0.333. The molecular formula is C14H13FINO. The Labute approximate surface area is 119 Å². The van der Waals surface area contributed by atoms with Crippen LogP contribution in [0.4, 0.5) is 4.39 Å². The fraction of sp³-hybridized carbons (Fsp3) is 0.143. The molecule has 0 aliphatic heterocycles. The molecule has 1 atom stereocenters. The first-order valence-corrected chi connectivity index (χ1v) is 6.64. The van der Waals surface area contributed by atoms with Gasteiger partial charge in [0.05, 0.1) is 0 Å². The van der Waals surface area contributed by atoms with Gasteiger partial charge in [0.25, 0.3) is 0 Å². The van der Waals surface area contributed by atoms with Crippen molar-refractivity contribution in [1.29, 1.82) is 0 Å². The number of nitrogens with two attached hydrogens (primary N) is 1. The molecule has 4 heteroatoms. The second kappa shape index (κ2) is 6.15. The van der Waals surface area contributed by atoms with Crippen LogP contribution in [0.5, 0.6) is 5.75 Å². The van der Waals surface area contributed by atoms with Crippen molar-refractivity contribution in [2.45, 2.75) is 6.10 Å². The lowest BCUT2D eigenvalue weighted by Crippen LogP contribution is -2.18. The lowest BCUT2D eigenvalue weighted by molar-refractivity contribution is 0.213. The third-order valence-electron chi connectivity index (χ3n) is 2.53. The Hall–Kier alpha value is -1.14. The molecule has 0 bridgehead atoms. The number of rotatable bonds is 4. The van der Waals surface area contributed by atoms with Crippen molar-refractivity contribution in [3.63, 3.8) is 0 Å². The van der Waals surface area contributed by atoms with Crippen molar-refractivity contribution in [2.24, 2.45) is 5.73 Å². The topological polar surface area (TPSA) is 35.2 Å². The first-order chi connectivity index (χ1) is 8.69. The predicted molar refractivity (Wildman–Crippen MR) is 78.0 cm³/mol. The minimum atomic E-state index is -0.333. The largest absolute Gasteiger partial charge is 0.484 e. The maximum atomic E-state index is 13.2. The molecule has 2 N–H and O–H groups in total. The Balaban J connectivity index is 2.17.